The molecule has 198 valence electrons. The molecule has 1 aromatic heterocycles. The highest BCUT2D eigenvalue weighted by atomic mass is 16.6. The van der Waals surface area contributed by atoms with E-state index in [1.165, 1.54) is 12.1 Å². The van der Waals surface area contributed by atoms with Gasteiger partial charge in [0.1, 0.15) is 30.0 Å². The van der Waals surface area contributed by atoms with E-state index in [0.29, 0.717) is 37.6 Å². The lowest BCUT2D eigenvalue weighted by Crippen LogP contribution is -2.14. The van der Waals surface area contributed by atoms with Crippen molar-refractivity contribution in [1.82, 2.24) is 0 Å². The van der Waals surface area contributed by atoms with Crippen LogP contribution in [0.3, 0.4) is 0 Å². The Hall–Kier alpha value is -4.33. The molecular formula is C32H29NO6. The summed E-state index contributed by atoms with van der Waals surface area (Å²) in [4.78, 5) is 22.9. The summed E-state index contributed by atoms with van der Waals surface area (Å²) in [5.74, 6) is 1.45. The van der Waals surface area contributed by atoms with Crippen molar-refractivity contribution in [1.29, 1.82) is 0 Å². The standard InChI is InChI=1S/C32H29NO6/c1-21(34)13-18-26(22-14-16-25(17-15-22)33(35)36)27-19-38-20-28-29(27)30(31(37-2)23-9-5-3-6-10-23)32(39-28)24-11-7-4-8-12-24/h3-12,14-17,31H,13,18-20H2,1-2H3/b27-26+. The fourth-order valence-corrected chi connectivity index (χ4v) is 5.14. The van der Waals surface area contributed by atoms with Gasteiger partial charge in [-0.3, -0.25) is 10.1 Å². The Morgan fingerprint density at radius 1 is 0.949 bits per heavy atom. The third kappa shape index (κ3) is 5.46. The van der Waals surface area contributed by atoms with Crippen LogP contribution in [-0.4, -0.2) is 24.4 Å². The zero-order valence-corrected chi connectivity index (χ0v) is 21.9. The number of ether oxygens (including phenoxy) is 2. The number of nitro benzene ring substituents is 1. The molecule has 2 heterocycles. The highest BCUT2D eigenvalue weighted by Crippen LogP contribution is 2.47. The molecule has 5 rings (SSSR count). The maximum atomic E-state index is 12.1. The molecule has 0 saturated heterocycles. The molecule has 4 aromatic rings. The molecule has 0 radical (unpaired) electrons. The first kappa shape index (κ1) is 26.3. The Balaban J connectivity index is 1.78. The van der Waals surface area contributed by atoms with Gasteiger partial charge < -0.3 is 18.7 Å². The smallest absolute Gasteiger partial charge is 0.269 e. The van der Waals surface area contributed by atoms with E-state index in [1.807, 2.05) is 60.7 Å². The first-order chi connectivity index (χ1) is 19.0. The Morgan fingerprint density at radius 3 is 2.23 bits per heavy atom. The fraction of sp³-hybridized carbons (Fsp3) is 0.219. The summed E-state index contributed by atoms with van der Waals surface area (Å²) < 4.78 is 18.7. The number of Topliss-reactive ketones (excluding diaryl/α,β-unsaturated/α-hetero) is 1. The van der Waals surface area contributed by atoms with E-state index in [1.54, 1.807) is 26.2 Å². The van der Waals surface area contributed by atoms with Crippen LogP contribution in [0, 0.1) is 10.1 Å². The number of furan rings is 1. The zero-order valence-electron chi connectivity index (χ0n) is 21.9. The number of rotatable bonds is 9. The number of nitrogens with zero attached hydrogens (tertiary/aromatic N) is 1. The van der Waals surface area contributed by atoms with Gasteiger partial charge in [0.05, 0.1) is 11.5 Å². The third-order valence-corrected chi connectivity index (χ3v) is 6.95. The topological polar surface area (TPSA) is 91.8 Å². The van der Waals surface area contributed by atoms with Gasteiger partial charge in [0.15, 0.2) is 0 Å². The lowest BCUT2D eigenvalue weighted by molar-refractivity contribution is -0.384. The van der Waals surface area contributed by atoms with Crippen LogP contribution in [0.15, 0.2) is 89.3 Å². The number of benzene rings is 3. The average Bonchev–Trinajstić information content (AvgIpc) is 3.35. The summed E-state index contributed by atoms with van der Waals surface area (Å²) in [6.45, 7) is 2.17. The molecule has 39 heavy (non-hydrogen) atoms. The second-order valence-electron chi connectivity index (χ2n) is 9.49. The molecule has 3 aromatic carbocycles. The number of carbonyl (C=O) groups excluding carboxylic acids is 1. The van der Waals surface area contributed by atoms with Crippen LogP contribution in [0.1, 0.15) is 53.9 Å². The molecule has 0 aliphatic carbocycles. The molecule has 0 N–H and O–H groups in total. The first-order valence-electron chi connectivity index (χ1n) is 12.8. The number of non-ortho nitro benzene ring substituents is 1. The van der Waals surface area contributed by atoms with Gasteiger partial charge in [-0.05, 0) is 47.8 Å². The van der Waals surface area contributed by atoms with Crippen LogP contribution in [0.5, 0.6) is 0 Å². The summed E-state index contributed by atoms with van der Waals surface area (Å²) in [6.07, 6.45) is 0.364. The molecule has 1 aliphatic heterocycles. The van der Waals surface area contributed by atoms with Crippen LogP contribution < -0.4 is 0 Å². The first-order valence-corrected chi connectivity index (χ1v) is 12.8. The van der Waals surface area contributed by atoms with Crippen molar-refractivity contribution in [3.05, 3.63) is 123 Å². The van der Waals surface area contributed by atoms with Crippen molar-refractivity contribution in [3.63, 3.8) is 0 Å². The predicted octanol–water partition coefficient (Wildman–Crippen LogP) is 7.40. The molecule has 1 unspecified atom stereocenters. The van der Waals surface area contributed by atoms with Gasteiger partial charge in [0.2, 0.25) is 0 Å². The van der Waals surface area contributed by atoms with Crippen molar-refractivity contribution in [2.24, 2.45) is 0 Å². The number of hydrogen-bond donors (Lipinski definition) is 0. The Bertz CT molecular complexity index is 1500. The van der Waals surface area contributed by atoms with E-state index < -0.39 is 11.0 Å². The summed E-state index contributed by atoms with van der Waals surface area (Å²) >= 11 is 0. The third-order valence-electron chi connectivity index (χ3n) is 6.95. The lowest BCUT2D eigenvalue weighted by atomic mass is 9.85. The SMILES string of the molecule is COC(c1ccccc1)c1c(-c2ccccc2)oc2c1/C(=C(\CCC(C)=O)c1ccc([N+](=O)[O-])cc1)COC2. The highest BCUT2D eigenvalue weighted by Gasteiger charge is 2.34. The number of fused-ring (bicyclic) bond motifs is 1. The maximum absolute atomic E-state index is 12.1. The second-order valence-corrected chi connectivity index (χ2v) is 9.49. The van der Waals surface area contributed by atoms with Gasteiger partial charge in [0.25, 0.3) is 5.69 Å². The second kappa shape index (κ2) is 11.6. The van der Waals surface area contributed by atoms with Gasteiger partial charge in [-0.25, -0.2) is 0 Å². The van der Waals surface area contributed by atoms with Crippen molar-refractivity contribution < 1.29 is 23.6 Å². The van der Waals surface area contributed by atoms with Gasteiger partial charge in [-0.1, -0.05) is 60.7 Å². The van der Waals surface area contributed by atoms with E-state index in [0.717, 1.165) is 39.0 Å². The summed E-state index contributed by atoms with van der Waals surface area (Å²) in [7, 11) is 1.68. The molecule has 0 saturated carbocycles. The normalized spacial score (nSPS) is 14.9. The van der Waals surface area contributed by atoms with Crippen molar-refractivity contribution in [2.45, 2.75) is 32.5 Å². The zero-order chi connectivity index (χ0) is 27.4. The minimum Gasteiger partial charge on any atom is -0.458 e. The molecule has 7 nitrogen and oxygen atoms in total. The Morgan fingerprint density at radius 2 is 1.62 bits per heavy atom. The quantitative estimate of drug-likeness (QED) is 0.168. The molecule has 0 fully saturated rings. The minimum atomic E-state index is -0.423. The van der Waals surface area contributed by atoms with Crippen molar-refractivity contribution >= 4 is 22.6 Å². The van der Waals surface area contributed by atoms with E-state index in [9.17, 15) is 14.9 Å². The van der Waals surface area contributed by atoms with Gasteiger partial charge >= 0.3 is 0 Å². The number of ketones is 1. The number of nitro groups is 1. The summed E-state index contributed by atoms with van der Waals surface area (Å²) in [5.41, 5.74) is 6.30. The van der Waals surface area contributed by atoms with Crippen molar-refractivity contribution in [3.8, 4) is 11.3 Å². The lowest BCUT2D eigenvalue weighted by Gasteiger charge is -2.24. The summed E-state index contributed by atoms with van der Waals surface area (Å²) in [6, 6.07) is 26.3. The molecule has 0 bridgehead atoms. The van der Waals surface area contributed by atoms with Crippen LogP contribution in [0.4, 0.5) is 5.69 Å². The van der Waals surface area contributed by atoms with Gasteiger partial charge in [-0.15, -0.1) is 0 Å². The van der Waals surface area contributed by atoms with Gasteiger partial charge in [0, 0.05) is 42.4 Å². The number of carbonyl (C=O) groups is 1. The molecule has 0 spiro atoms. The Kier molecular flexibility index (Phi) is 7.81. The van der Waals surface area contributed by atoms with E-state index in [-0.39, 0.29) is 11.5 Å². The monoisotopic (exact) mass is 523 g/mol. The predicted molar refractivity (Wildman–Crippen MR) is 149 cm³/mol. The van der Waals surface area contributed by atoms with Crippen LogP contribution in [-0.2, 0) is 20.9 Å². The minimum absolute atomic E-state index is 0.00846. The fourth-order valence-electron chi connectivity index (χ4n) is 5.14. The van der Waals surface area contributed by atoms with Crippen LogP contribution >= 0.6 is 0 Å². The van der Waals surface area contributed by atoms with E-state index in [2.05, 4.69) is 0 Å². The molecule has 1 atom stereocenters. The average molecular weight is 524 g/mol. The van der Waals surface area contributed by atoms with Crippen LogP contribution in [0.25, 0.3) is 22.5 Å². The van der Waals surface area contributed by atoms with Crippen molar-refractivity contribution in [2.75, 3.05) is 13.7 Å². The largest absolute Gasteiger partial charge is 0.458 e. The van der Waals surface area contributed by atoms with Crippen LogP contribution in [0.2, 0.25) is 0 Å². The number of hydrogen-bond acceptors (Lipinski definition) is 6. The van der Waals surface area contributed by atoms with E-state index >= 15 is 0 Å². The number of methoxy groups -OCH3 is 1. The maximum Gasteiger partial charge on any atom is 0.269 e. The Labute approximate surface area is 226 Å². The molecule has 0 amide bonds. The molecule has 1 aliphatic rings. The molecule has 7 heteroatoms. The van der Waals surface area contributed by atoms with Gasteiger partial charge in [-0.2, -0.15) is 0 Å². The number of allylic oxidation sites excluding steroid dienone is 1. The highest BCUT2D eigenvalue weighted by molar-refractivity contribution is 5.96. The summed E-state index contributed by atoms with van der Waals surface area (Å²) in [5, 5.41) is 11.3. The molecular weight excluding hydrogens is 494 g/mol. The van der Waals surface area contributed by atoms with E-state index in [4.69, 9.17) is 13.9 Å².